The van der Waals surface area contributed by atoms with E-state index in [1.807, 2.05) is 24.4 Å². The molecule has 2 heterocycles. The number of halogens is 1. The highest BCUT2D eigenvalue weighted by Gasteiger charge is 2.11. The fourth-order valence-electron chi connectivity index (χ4n) is 2.03. The highest BCUT2D eigenvalue weighted by molar-refractivity contribution is 8.01. The van der Waals surface area contributed by atoms with Crippen LogP contribution in [-0.4, -0.2) is 21.4 Å². The standard InChI is InChI=1S/C16H14FN3OS2/c1-11-9-14(18-15(21)10-23-16-3-2-8-22-16)20(19-11)13-6-4-12(17)5-7-13/h2-9H,10H2,1H3,(H,18,21). The Morgan fingerprint density at radius 3 is 2.83 bits per heavy atom. The Labute approximate surface area is 141 Å². The monoisotopic (exact) mass is 347 g/mol. The van der Waals surface area contributed by atoms with Crippen molar-refractivity contribution in [2.45, 2.75) is 11.1 Å². The fraction of sp³-hybridized carbons (Fsp3) is 0.125. The Kier molecular flexibility index (Phi) is 4.78. The van der Waals surface area contributed by atoms with Crippen molar-refractivity contribution in [1.29, 1.82) is 0 Å². The number of thiophene rings is 1. The summed E-state index contributed by atoms with van der Waals surface area (Å²) < 4.78 is 15.8. The van der Waals surface area contributed by atoms with Crippen LogP contribution in [0, 0.1) is 12.7 Å². The van der Waals surface area contributed by atoms with Gasteiger partial charge in [0, 0.05) is 6.07 Å². The Morgan fingerprint density at radius 2 is 2.13 bits per heavy atom. The topological polar surface area (TPSA) is 46.9 Å². The molecule has 1 N–H and O–H groups in total. The highest BCUT2D eigenvalue weighted by atomic mass is 32.2. The van der Waals surface area contributed by atoms with E-state index >= 15 is 0 Å². The predicted octanol–water partition coefficient (Wildman–Crippen LogP) is 4.11. The Bertz CT molecular complexity index is 797. The van der Waals surface area contributed by atoms with Gasteiger partial charge in [-0.25, -0.2) is 9.07 Å². The summed E-state index contributed by atoms with van der Waals surface area (Å²) in [6, 6.07) is 11.7. The summed E-state index contributed by atoms with van der Waals surface area (Å²) in [6.07, 6.45) is 0. The first kappa shape index (κ1) is 15.8. The molecule has 0 fully saturated rings. The Morgan fingerprint density at radius 1 is 1.35 bits per heavy atom. The van der Waals surface area contributed by atoms with Crippen LogP contribution in [0.3, 0.4) is 0 Å². The van der Waals surface area contributed by atoms with Crippen molar-refractivity contribution in [3.8, 4) is 5.69 Å². The third-order valence-corrected chi connectivity index (χ3v) is 5.14. The number of aryl methyl sites for hydroxylation is 1. The molecule has 0 spiro atoms. The molecule has 118 valence electrons. The number of hydrogen-bond acceptors (Lipinski definition) is 4. The van der Waals surface area contributed by atoms with Gasteiger partial charge in [-0.15, -0.1) is 23.1 Å². The molecule has 1 amide bonds. The molecule has 0 radical (unpaired) electrons. The average molecular weight is 347 g/mol. The molecule has 1 aromatic carbocycles. The van der Waals surface area contributed by atoms with Gasteiger partial charge in [-0.05, 0) is 42.6 Å². The second-order valence-corrected chi connectivity index (χ2v) is 7.05. The van der Waals surface area contributed by atoms with Crippen molar-refractivity contribution >= 4 is 34.8 Å². The number of aromatic nitrogens is 2. The Hall–Kier alpha value is -2.12. The van der Waals surface area contributed by atoms with Crippen LogP contribution in [0.25, 0.3) is 5.69 Å². The summed E-state index contributed by atoms with van der Waals surface area (Å²) in [7, 11) is 0. The van der Waals surface area contributed by atoms with E-state index in [0.29, 0.717) is 17.3 Å². The molecule has 3 aromatic rings. The lowest BCUT2D eigenvalue weighted by molar-refractivity contribution is -0.113. The molecule has 2 aromatic heterocycles. The number of carbonyl (C=O) groups is 1. The van der Waals surface area contributed by atoms with Crippen LogP contribution in [0.2, 0.25) is 0 Å². The molecular formula is C16H14FN3OS2. The first-order valence-electron chi connectivity index (χ1n) is 6.90. The number of carbonyl (C=O) groups excluding carboxylic acids is 1. The van der Waals surface area contributed by atoms with Crippen molar-refractivity contribution in [3.05, 3.63) is 59.4 Å². The van der Waals surface area contributed by atoms with Gasteiger partial charge in [0.2, 0.25) is 5.91 Å². The summed E-state index contributed by atoms with van der Waals surface area (Å²) in [5.74, 6) is 0.488. The van der Waals surface area contributed by atoms with Gasteiger partial charge in [0.15, 0.2) is 0 Å². The minimum Gasteiger partial charge on any atom is -0.310 e. The van der Waals surface area contributed by atoms with Crippen LogP contribution < -0.4 is 5.32 Å². The number of amides is 1. The first-order valence-corrected chi connectivity index (χ1v) is 8.77. The molecule has 7 heteroatoms. The molecule has 0 unspecified atom stereocenters. The molecular weight excluding hydrogens is 333 g/mol. The van der Waals surface area contributed by atoms with E-state index in [1.54, 1.807) is 34.2 Å². The van der Waals surface area contributed by atoms with E-state index < -0.39 is 0 Å². The predicted molar refractivity (Wildman–Crippen MR) is 91.9 cm³/mol. The number of nitrogens with one attached hydrogen (secondary N) is 1. The Balaban J connectivity index is 1.72. The summed E-state index contributed by atoms with van der Waals surface area (Å²) >= 11 is 3.10. The maximum atomic E-state index is 13.1. The summed E-state index contributed by atoms with van der Waals surface area (Å²) in [6.45, 7) is 1.84. The molecule has 0 aliphatic heterocycles. The summed E-state index contributed by atoms with van der Waals surface area (Å²) in [5.41, 5.74) is 1.47. The number of anilines is 1. The molecule has 0 atom stereocenters. The van der Waals surface area contributed by atoms with Gasteiger partial charge in [-0.3, -0.25) is 4.79 Å². The summed E-state index contributed by atoms with van der Waals surface area (Å²) in [4.78, 5) is 12.1. The summed E-state index contributed by atoms with van der Waals surface area (Å²) in [5, 5.41) is 9.19. The molecule has 3 rings (SSSR count). The lowest BCUT2D eigenvalue weighted by Gasteiger charge is -2.08. The minimum atomic E-state index is -0.310. The molecule has 0 saturated carbocycles. The molecule has 0 aliphatic rings. The first-order chi connectivity index (χ1) is 11.1. The number of hydrogen-bond donors (Lipinski definition) is 1. The van der Waals surface area contributed by atoms with Crippen molar-refractivity contribution in [1.82, 2.24) is 9.78 Å². The van der Waals surface area contributed by atoms with Gasteiger partial charge in [0.05, 0.1) is 21.3 Å². The maximum absolute atomic E-state index is 13.1. The van der Waals surface area contributed by atoms with Crippen LogP contribution in [-0.2, 0) is 4.79 Å². The van der Waals surface area contributed by atoms with Gasteiger partial charge in [-0.2, -0.15) is 5.10 Å². The highest BCUT2D eigenvalue weighted by Crippen LogP contribution is 2.24. The van der Waals surface area contributed by atoms with Crippen molar-refractivity contribution in [2.24, 2.45) is 0 Å². The molecule has 0 bridgehead atoms. The maximum Gasteiger partial charge on any atom is 0.235 e. The van der Waals surface area contributed by atoms with Crippen LogP contribution in [0.5, 0.6) is 0 Å². The van der Waals surface area contributed by atoms with E-state index in [0.717, 1.165) is 9.90 Å². The van der Waals surface area contributed by atoms with Crippen molar-refractivity contribution < 1.29 is 9.18 Å². The molecule has 0 saturated heterocycles. The molecule has 0 aliphatic carbocycles. The quantitative estimate of drug-likeness (QED) is 0.707. The molecule has 23 heavy (non-hydrogen) atoms. The zero-order valence-electron chi connectivity index (χ0n) is 12.3. The van der Waals surface area contributed by atoms with E-state index in [-0.39, 0.29) is 11.7 Å². The average Bonchev–Trinajstić information content (AvgIpc) is 3.16. The number of thioether (sulfide) groups is 1. The lowest BCUT2D eigenvalue weighted by atomic mass is 10.3. The SMILES string of the molecule is Cc1cc(NC(=O)CSc2cccs2)n(-c2ccc(F)cc2)n1. The normalized spacial score (nSPS) is 10.7. The van der Waals surface area contributed by atoms with E-state index in [1.165, 1.54) is 23.9 Å². The second kappa shape index (κ2) is 6.97. The van der Waals surface area contributed by atoms with Crippen LogP contribution in [0.15, 0.2) is 52.1 Å². The minimum absolute atomic E-state index is 0.105. The third kappa shape index (κ3) is 4.00. The lowest BCUT2D eigenvalue weighted by Crippen LogP contribution is -2.16. The van der Waals surface area contributed by atoms with Crippen molar-refractivity contribution in [3.63, 3.8) is 0 Å². The van der Waals surface area contributed by atoms with Gasteiger partial charge in [0.25, 0.3) is 0 Å². The largest absolute Gasteiger partial charge is 0.310 e. The van der Waals surface area contributed by atoms with E-state index in [2.05, 4.69) is 10.4 Å². The van der Waals surface area contributed by atoms with Gasteiger partial charge < -0.3 is 5.32 Å². The number of benzene rings is 1. The van der Waals surface area contributed by atoms with Crippen LogP contribution in [0.4, 0.5) is 10.2 Å². The van der Waals surface area contributed by atoms with Gasteiger partial charge in [0.1, 0.15) is 11.6 Å². The third-order valence-electron chi connectivity index (χ3n) is 3.01. The second-order valence-electron chi connectivity index (χ2n) is 4.83. The van der Waals surface area contributed by atoms with Crippen LogP contribution in [0.1, 0.15) is 5.69 Å². The smallest absolute Gasteiger partial charge is 0.235 e. The van der Waals surface area contributed by atoms with Crippen LogP contribution >= 0.6 is 23.1 Å². The van der Waals surface area contributed by atoms with Gasteiger partial charge >= 0.3 is 0 Å². The zero-order valence-corrected chi connectivity index (χ0v) is 14.0. The number of rotatable bonds is 5. The van der Waals surface area contributed by atoms with E-state index in [4.69, 9.17) is 0 Å². The zero-order chi connectivity index (χ0) is 16.2. The van der Waals surface area contributed by atoms with Gasteiger partial charge in [-0.1, -0.05) is 6.07 Å². The van der Waals surface area contributed by atoms with E-state index in [9.17, 15) is 9.18 Å². The number of nitrogens with zero attached hydrogens (tertiary/aromatic N) is 2. The fourth-order valence-corrected chi connectivity index (χ4v) is 3.61. The van der Waals surface area contributed by atoms with Crippen molar-refractivity contribution in [2.75, 3.05) is 11.1 Å². The molecule has 4 nitrogen and oxygen atoms in total.